The fraction of sp³-hybridized carbons (Fsp3) is 0.312. The molecule has 0 fully saturated rings. The normalized spacial score (nSPS) is 13.8. The minimum absolute atomic E-state index is 0.233. The second kappa shape index (κ2) is 7.61. The summed E-state index contributed by atoms with van der Waals surface area (Å²) in [6.07, 6.45) is -4.07. The van der Waals surface area contributed by atoms with Crippen LogP contribution < -0.4 is 5.56 Å². The van der Waals surface area contributed by atoms with Crippen molar-refractivity contribution in [1.82, 2.24) is 8.87 Å². The summed E-state index contributed by atoms with van der Waals surface area (Å²) in [6.45, 7) is 0.716. The number of pyridine rings is 1. The Labute approximate surface area is 157 Å². The third kappa shape index (κ3) is 4.33. The average Bonchev–Trinajstić information content (AvgIpc) is 2.56. The van der Waals surface area contributed by atoms with E-state index in [0.29, 0.717) is 0 Å². The summed E-state index contributed by atoms with van der Waals surface area (Å²) in [6, 6.07) is 1.65. The van der Waals surface area contributed by atoms with E-state index in [1.807, 2.05) is 0 Å². The van der Waals surface area contributed by atoms with Gasteiger partial charge in [-0.3, -0.25) is 4.79 Å². The van der Waals surface area contributed by atoms with Crippen LogP contribution in [0.1, 0.15) is 18.5 Å². The molecule has 0 saturated carbocycles. The molecule has 148 valence electrons. The first-order valence-corrected chi connectivity index (χ1v) is 9.41. The monoisotopic (exact) mass is 426 g/mol. The molecular weight excluding hydrogens is 412 g/mol. The van der Waals surface area contributed by atoms with E-state index in [1.165, 1.54) is 14.0 Å². The number of hydrogen-bond acceptors (Lipinski definition) is 3. The summed E-state index contributed by atoms with van der Waals surface area (Å²) in [5, 5.41) is -0.444. The van der Waals surface area contributed by atoms with Crippen molar-refractivity contribution in [1.29, 1.82) is 0 Å². The highest BCUT2D eigenvalue weighted by atomic mass is 35.5. The fourth-order valence-electron chi connectivity index (χ4n) is 2.57. The molecule has 0 aliphatic heterocycles. The highest BCUT2D eigenvalue weighted by Crippen LogP contribution is 2.40. The van der Waals surface area contributed by atoms with Gasteiger partial charge in [-0.25, -0.2) is 12.8 Å². The summed E-state index contributed by atoms with van der Waals surface area (Å²) < 4.78 is 81.2. The Morgan fingerprint density at radius 1 is 1.22 bits per heavy atom. The van der Waals surface area contributed by atoms with Crippen LogP contribution in [-0.4, -0.2) is 30.0 Å². The van der Waals surface area contributed by atoms with Gasteiger partial charge in [0.15, 0.2) is 0 Å². The van der Waals surface area contributed by atoms with Crippen molar-refractivity contribution in [3.8, 4) is 0 Å². The van der Waals surface area contributed by atoms with E-state index in [-0.39, 0.29) is 4.31 Å². The smallest absolute Gasteiger partial charge is 0.316 e. The number of benzene rings is 1. The zero-order valence-corrected chi connectivity index (χ0v) is 15.7. The van der Waals surface area contributed by atoms with Crippen LogP contribution in [0.4, 0.5) is 17.6 Å². The van der Waals surface area contributed by atoms with Crippen LogP contribution >= 0.6 is 11.6 Å². The largest absolute Gasteiger partial charge is 0.409 e. The molecule has 5 nitrogen and oxygen atoms in total. The predicted molar refractivity (Wildman–Crippen MR) is 91.5 cm³/mol. The molecule has 0 saturated heterocycles. The molecule has 1 heterocycles. The van der Waals surface area contributed by atoms with Gasteiger partial charge in [-0.05, 0) is 23.8 Å². The number of alkyl halides is 3. The van der Waals surface area contributed by atoms with Gasteiger partial charge in [0.05, 0.1) is 0 Å². The molecule has 2 aromatic rings. The zero-order valence-electron chi connectivity index (χ0n) is 14.2. The van der Waals surface area contributed by atoms with Gasteiger partial charge in [-0.15, -0.1) is 0 Å². The maximum absolute atomic E-state index is 13.7. The molecule has 2 rings (SSSR count). The molecule has 11 heteroatoms. The zero-order chi connectivity index (χ0) is 20.6. The van der Waals surface area contributed by atoms with E-state index < -0.39 is 55.6 Å². The van der Waals surface area contributed by atoms with Crippen LogP contribution in [0.15, 0.2) is 46.2 Å². The van der Waals surface area contributed by atoms with Crippen LogP contribution in [0.5, 0.6) is 0 Å². The third-order valence-electron chi connectivity index (χ3n) is 3.82. The lowest BCUT2D eigenvalue weighted by Gasteiger charge is -2.31. The molecule has 0 unspecified atom stereocenters. The Bertz CT molecular complexity index is 962. The van der Waals surface area contributed by atoms with Crippen molar-refractivity contribution in [3.05, 3.63) is 63.3 Å². The molecule has 0 aliphatic rings. The number of aromatic nitrogens is 1. The Morgan fingerprint density at radius 3 is 2.22 bits per heavy atom. The van der Waals surface area contributed by atoms with Crippen molar-refractivity contribution >= 4 is 21.6 Å². The van der Waals surface area contributed by atoms with Crippen LogP contribution in [0.2, 0.25) is 5.02 Å². The second-order valence-corrected chi connectivity index (χ2v) is 7.94. The summed E-state index contributed by atoms with van der Waals surface area (Å²) in [7, 11) is -3.45. The van der Waals surface area contributed by atoms with Gasteiger partial charge >= 0.3 is 6.18 Å². The molecule has 0 radical (unpaired) electrons. The van der Waals surface area contributed by atoms with Gasteiger partial charge in [0.2, 0.25) is 10.0 Å². The predicted octanol–water partition coefficient (Wildman–Crippen LogP) is 3.49. The minimum atomic E-state index is -4.97. The first-order valence-electron chi connectivity index (χ1n) is 7.59. The van der Waals surface area contributed by atoms with Crippen LogP contribution in [0.25, 0.3) is 0 Å². The standard InChI is InChI=1S/C16H15ClF4N2O3S/c1-3-23(14(16(19,20)21)10-4-6-11(18)7-5-10)27(25,26)12-8-13(17)15(24)22(2)9-12/h4-9,14H,3H2,1-2H3/t14-/m1/s1. The van der Waals surface area contributed by atoms with Crippen LogP contribution in [-0.2, 0) is 17.1 Å². The quantitative estimate of drug-likeness (QED) is 0.688. The Balaban J connectivity index is 2.66. The Kier molecular flexibility index (Phi) is 6.03. The van der Waals surface area contributed by atoms with Crippen molar-refractivity contribution < 1.29 is 26.0 Å². The molecule has 1 aromatic carbocycles. The molecule has 0 bridgehead atoms. The molecule has 1 aromatic heterocycles. The number of halogens is 5. The lowest BCUT2D eigenvalue weighted by atomic mass is 10.1. The van der Waals surface area contributed by atoms with E-state index in [9.17, 15) is 30.8 Å². The van der Waals surface area contributed by atoms with Crippen molar-refractivity contribution in [2.24, 2.45) is 7.05 Å². The number of rotatable bonds is 5. The lowest BCUT2D eigenvalue weighted by molar-refractivity contribution is -0.173. The molecule has 0 aliphatic carbocycles. The highest BCUT2D eigenvalue weighted by Gasteiger charge is 2.48. The van der Waals surface area contributed by atoms with Gasteiger partial charge < -0.3 is 4.57 Å². The van der Waals surface area contributed by atoms with Gasteiger partial charge in [-0.1, -0.05) is 30.7 Å². The Hall–Kier alpha value is -1.91. The van der Waals surface area contributed by atoms with Gasteiger partial charge in [0.25, 0.3) is 5.56 Å². The number of aryl methyl sites for hydroxylation is 1. The maximum Gasteiger partial charge on any atom is 0.409 e. The van der Waals surface area contributed by atoms with Crippen molar-refractivity contribution in [2.75, 3.05) is 6.54 Å². The van der Waals surface area contributed by atoms with Crippen LogP contribution in [0, 0.1) is 5.82 Å². The SMILES string of the molecule is CCN([C@H](c1ccc(F)cc1)C(F)(F)F)S(=O)(=O)c1cc(Cl)c(=O)n(C)c1. The fourth-order valence-corrected chi connectivity index (χ4v) is 4.58. The van der Waals surface area contributed by atoms with E-state index in [2.05, 4.69) is 0 Å². The van der Waals surface area contributed by atoms with E-state index in [4.69, 9.17) is 11.6 Å². The summed E-state index contributed by atoms with van der Waals surface area (Å²) in [5.41, 5.74) is -1.13. The van der Waals surface area contributed by atoms with Gasteiger partial charge in [-0.2, -0.15) is 17.5 Å². The van der Waals surface area contributed by atoms with Gasteiger partial charge in [0.1, 0.15) is 21.8 Å². The molecule has 0 N–H and O–H groups in total. The van der Waals surface area contributed by atoms with E-state index in [1.54, 1.807) is 0 Å². The average molecular weight is 427 g/mol. The third-order valence-corrected chi connectivity index (χ3v) is 5.99. The summed E-state index contributed by atoms with van der Waals surface area (Å²) >= 11 is 5.70. The summed E-state index contributed by atoms with van der Waals surface area (Å²) in [4.78, 5) is 11.1. The summed E-state index contributed by atoms with van der Waals surface area (Å²) in [5.74, 6) is -0.754. The number of hydrogen-bond donors (Lipinski definition) is 0. The number of nitrogens with zero attached hydrogens (tertiary/aromatic N) is 2. The van der Waals surface area contributed by atoms with Crippen molar-refractivity contribution in [2.45, 2.75) is 24.0 Å². The van der Waals surface area contributed by atoms with Gasteiger partial charge in [0, 0.05) is 19.8 Å². The van der Waals surface area contributed by atoms with E-state index in [0.717, 1.165) is 41.1 Å². The highest BCUT2D eigenvalue weighted by molar-refractivity contribution is 7.89. The van der Waals surface area contributed by atoms with Crippen molar-refractivity contribution in [3.63, 3.8) is 0 Å². The second-order valence-electron chi connectivity index (χ2n) is 5.64. The molecule has 0 amide bonds. The number of sulfonamides is 1. The van der Waals surface area contributed by atoms with Crippen LogP contribution in [0.3, 0.4) is 0 Å². The first kappa shape index (κ1) is 21.4. The lowest BCUT2D eigenvalue weighted by Crippen LogP contribution is -2.42. The topological polar surface area (TPSA) is 59.4 Å². The minimum Gasteiger partial charge on any atom is -0.316 e. The Morgan fingerprint density at radius 2 is 1.78 bits per heavy atom. The molecule has 27 heavy (non-hydrogen) atoms. The first-order chi connectivity index (χ1) is 12.4. The maximum atomic E-state index is 13.7. The van der Waals surface area contributed by atoms with E-state index >= 15 is 0 Å². The molecule has 0 spiro atoms. The molecule has 1 atom stereocenters. The molecular formula is C16H15ClF4N2O3S.